The van der Waals surface area contributed by atoms with E-state index in [-0.39, 0.29) is 11.7 Å². The predicted molar refractivity (Wildman–Crippen MR) is 99.4 cm³/mol. The molecule has 8 nitrogen and oxygen atoms in total. The fourth-order valence-corrected chi connectivity index (χ4v) is 3.55. The summed E-state index contributed by atoms with van der Waals surface area (Å²) >= 11 is 5.95. The number of nitrogen functional groups attached to an aromatic ring is 1. The van der Waals surface area contributed by atoms with Crippen LogP contribution in [0, 0.1) is 0 Å². The maximum atomic E-state index is 12.4. The topological polar surface area (TPSA) is 93.8 Å². The highest BCUT2D eigenvalue weighted by molar-refractivity contribution is 6.29. The van der Waals surface area contributed by atoms with E-state index in [1.54, 1.807) is 11.0 Å². The molecule has 3 rings (SSSR count). The first-order chi connectivity index (χ1) is 12.2. The molecule has 0 atom stereocenters. The van der Waals surface area contributed by atoms with E-state index in [2.05, 4.69) is 15.1 Å². The number of carbonyl (C=O) groups excluding carboxylic acids is 1. The molecule has 144 valence electrons. The molecular formula is C17H26ClN5O3. The fourth-order valence-electron chi connectivity index (χ4n) is 3.41. The zero-order valence-electron chi connectivity index (χ0n) is 15.5. The zero-order chi connectivity index (χ0) is 18.9. The minimum absolute atomic E-state index is 0.281. The highest BCUT2D eigenvalue weighted by Gasteiger charge is 2.42. The van der Waals surface area contributed by atoms with E-state index in [0.29, 0.717) is 30.7 Å². The first-order valence-corrected chi connectivity index (χ1v) is 9.21. The lowest BCUT2D eigenvalue weighted by Crippen LogP contribution is -2.58. The Morgan fingerprint density at radius 1 is 1.31 bits per heavy atom. The fraction of sp³-hybridized carbons (Fsp3) is 0.706. The summed E-state index contributed by atoms with van der Waals surface area (Å²) in [6.45, 7) is 8.72. The molecule has 2 N–H and O–H groups in total. The quantitative estimate of drug-likeness (QED) is 0.795. The van der Waals surface area contributed by atoms with E-state index in [1.807, 2.05) is 20.8 Å². The minimum atomic E-state index is -0.503. The number of hydrogen-bond donors (Lipinski definition) is 1. The lowest BCUT2D eigenvalue weighted by molar-refractivity contribution is -0.119. The predicted octanol–water partition coefficient (Wildman–Crippen LogP) is 2.32. The number of anilines is 2. The van der Waals surface area contributed by atoms with Crippen LogP contribution in [0.5, 0.6) is 0 Å². The number of morpholine rings is 1. The summed E-state index contributed by atoms with van der Waals surface area (Å²) in [5.41, 5.74) is 5.88. The van der Waals surface area contributed by atoms with Gasteiger partial charge in [-0.15, -0.1) is 10.2 Å². The van der Waals surface area contributed by atoms with Crippen molar-refractivity contribution in [3.8, 4) is 0 Å². The number of amides is 1. The van der Waals surface area contributed by atoms with E-state index >= 15 is 0 Å². The van der Waals surface area contributed by atoms with Crippen LogP contribution in [0.4, 0.5) is 16.3 Å². The average molecular weight is 384 g/mol. The molecule has 2 fully saturated rings. The monoisotopic (exact) mass is 383 g/mol. The SMILES string of the molecule is CC(C)(C)OC(=O)N1CCOC2(CCN(c3cc(Cl)nnc3N)CC2)C1. The maximum Gasteiger partial charge on any atom is 0.410 e. The normalized spacial score (nSPS) is 20.3. The van der Waals surface area contributed by atoms with Crippen LogP contribution in [0.2, 0.25) is 5.15 Å². The van der Waals surface area contributed by atoms with Gasteiger partial charge in [-0.25, -0.2) is 4.79 Å². The van der Waals surface area contributed by atoms with Crippen molar-refractivity contribution in [2.75, 3.05) is 43.4 Å². The Morgan fingerprint density at radius 2 is 2.00 bits per heavy atom. The van der Waals surface area contributed by atoms with Crippen molar-refractivity contribution in [3.63, 3.8) is 0 Å². The number of carbonyl (C=O) groups is 1. The molecule has 2 saturated heterocycles. The van der Waals surface area contributed by atoms with Gasteiger partial charge < -0.3 is 25.0 Å². The van der Waals surface area contributed by atoms with Crippen molar-refractivity contribution in [1.29, 1.82) is 0 Å². The summed E-state index contributed by atoms with van der Waals surface area (Å²) in [5.74, 6) is 0.366. The molecule has 0 unspecified atom stereocenters. The van der Waals surface area contributed by atoms with Gasteiger partial charge in [-0.3, -0.25) is 0 Å². The molecule has 1 aromatic rings. The average Bonchev–Trinajstić information content (AvgIpc) is 2.57. The van der Waals surface area contributed by atoms with Gasteiger partial charge in [0.05, 0.1) is 24.4 Å². The van der Waals surface area contributed by atoms with E-state index in [9.17, 15) is 4.79 Å². The molecule has 1 spiro atoms. The highest BCUT2D eigenvalue weighted by atomic mass is 35.5. The molecule has 0 saturated carbocycles. The number of nitrogens with two attached hydrogens (primary N) is 1. The van der Waals surface area contributed by atoms with Crippen LogP contribution in [-0.2, 0) is 9.47 Å². The molecule has 2 aliphatic rings. The van der Waals surface area contributed by atoms with Gasteiger partial charge in [0, 0.05) is 25.7 Å². The van der Waals surface area contributed by atoms with Crippen LogP contribution < -0.4 is 10.6 Å². The number of nitrogens with zero attached hydrogens (tertiary/aromatic N) is 4. The van der Waals surface area contributed by atoms with Gasteiger partial charge in [-0.1, -0.05) is 11.6 Å². The smallest absolute Gasteiger partial charge is 0.410 e. The molecule has 2 aliphatic heterocycles. The van der Waals surface area contributed by atoms with Gasteiger partial charge in [-0.05, 0) is 33.6 Å². The van der Waals surface area contributed by atoms with Crippen LogP contribution >= 0.6 is 11.6 Å². The number of aromatic nitrogens is 2. The number of hydrogen-bond acceptors (Lipinski definition) is 7. The second-order valence-electron chi connectivity index (χ2n) is 7.86. The highest BCUT2D eigenvalue weighted by Crippen LogP contribution is 2.34. The number of piperidine rings is 1. The van der Waals surface area contributed by atoms with Crippen LogP contribution in [0.25, 0.3) is 0 Å². The van der Waals surface area contributed by atoms with Crippen molar-refractivity contribution in [2.45, 2.75) is 44.8 Å². The van der Waals surface area contributed by atoms with Crippen molar-refractivity contribution in [1.82, 2.24) is 15.1 Å². The Morgan fingerprint density at radius 3 is 2.65 bits per heavy atom. The van der Waals surface area contributed by atoms with E-state index in [4.69, 9.17) is 26.8 Å². The van der Waals surface area contributed by atoms with Crippen molar-refractivity contribution >= 4 is 29.2 Å². The van der Waals surface area contributed by atoms with Gasteiger partial charge in [0.2, 0.25) is 0 Å². The van der Waals surface area contributed by atoms with Gasteiger partial charge in [0.1, 0.15) is 5.60 Å². The molecule has 1 aromatic heterocycles. The van der Waals surface area contributed by atoms with Crippen LogP contribution in [-0.4, -0.2) is 65.2 Å². The van der Waals surface area contributed by atoms with Gasteiger partial charge in [0.25, 0.3) is 0 Å². The Hall–Kier alpha value is -1.80. The van der Waals surface area contributed by atoms with E-state index in [0.717, 1.165) is 31.6 Å². The standard InChI is InChI=1S/C17H26ClN5O3/c1-16(2,3)26-15(24)23-8-9-25-17(11-23)4-6-22(7-5-17)12-10-13(18)20-21-14(12)19/h10H,4-9,11H2,1-3H3,(H2,19,21). The Bertz CT molecular complexity index is 671. The van der Waals surface area contributed by atoms with Crippen LogP contribution in [0.15, 0.2) is 6.07 Å². The Kier molecular flexibility index (Phi) is 5.16. The number of halogens is 1. The van der Waals surface area contributed by atoms with E-state index < -0.39 is 5.60 Å². The van der Waals surface area contributed by atoms with Crippen LogP contribution in [0.1, 0.15) is 33.6 Å². The molecule has 0 bridgehead atoms. The van der Waals surface area contributed by atoms with Gasteiger partial charge in [-0.2, -0.15) is 0 Å². The number of ether oxygens (including phenoxy) is 2. The minimum Gasteiger partial charge on any atom is -0.444 e. The second kappa shape index (κ2) is 7.08. The number of rotatable bonds is 1. The van der Waals surface area contributed by atoms with Gasteiger partial charge in [0.15, 0.2) is 11.0 Å². The third-order valence-electron chi connectivity index (χ3n) is 4.69. The summed E-state index contributed by atoms with van der Waals surface area (Å²) in [4.78, 5) is 16.3. The van der Waals surface area contributed by atoms with Crippen molar-refractivity contribution in [3.05, 3.63) is 11.2 Å². The Labute approximate surface area is 158 Å². The molecule has 0 aromatic carbocycles. The van der Waals surface area contributed by atoms with E-state index in [1.165, 1.54) is 0 Å². The molecule has 26 heavy (non-hydrogen) atoms. The molecule has 9 heteroatoms. The molecule has 1 amide bonds. The maximum absolute atomic E-state index is 12.4. The molecule has 0 aliphatic carbocycles. The third-order valence-corrected chi connectivity index (χ3v) is 4.87. The lowest BCUT2D eigenvalue weighted by Gasteiger charge is -2.47. The summed E-state index contributed by atoms with van der Waals surface area (Å²) in [6, 6.07) is 1.73. The first-order valence-electron chi connectivity index (χ1n) is 8.83. The Balaban J connectivity index is 1.64. The van der Waals surface area contributed by atoms with Crippen LogP contribution in [0.3, 0.4) is 0 Å². The summed E-state index contributed by atoms with van der Waals surface area (Å²) in [7, 11) is 0. The third kappa shape index (κ3) is 4.29. The van der Waals surface area contributed by atoms with Crippen molar-refractivity contribution < 1.29 is 14.3 Å². The lowest BCUT2D eigenvalue weighted by atomic mass is 9.89. The van der Waals surface area contributed by atoms with Gasteiger partial charge >= 0.3 is 6.09 Å². The first kappa shape index (κ1) is 19.0. The summed E-state index contributed by atoms with van der Waals surface area (Å²) in [5, 5.41) is 7.96. The molecule has 3 heterocycles. The second-order valence-corrected chi connectivity index (χ2v) is 8.25. The summed E-state index contributed by atoms with van der Waals surface area (Å²) < 4.78 is 11.6. The largest absolute Gasteiger partial charge is 0.444 e. The summed E-state index contributed by atoms with van der Waals surface area (Å²) in [6.07, 6.45) is 1.29. The molecule has 0 radical (unpaired) electrons. The zero-order valence-corrected chi connectivity index (χ0v) is 16.3. The van der Waals surface area contributed by atoms with Crippen molar-refractivity contribution in [2.24, 2.45) is 0 Å². The molecular weight excluding hydrogens is 358 g/mol.